The molecule has 20 heavy (non-hydrogen) atoms. The van der Waals surface area contributed by atoms with E-state index in [1.165, 1.54) is 56.9 Å². The summed E-state index contributed by atoms with van der Waals surface area (Å²) in [6.07, 6.45) is 10.5. The first-order valence-corrected chi connectivity index (χ1v) is 8.50. The molecule has 0 aliphatic carbocycles. The Morgan fingerprint density at radius 1 is 0.850 bits per heavy atom. The lowest BCUT2D eigenvalue weighted by molar-refractivity contribution is 0.304. The summed E-state index contributed by atoms with van der Waals surface area (Å²) in [6, 6.07) is 8.63. The largest absolute Gasteiger partial charge is 0.494 e. The second-order valence-corrected chi connectivity index (χ2v) is 5.85. The summed E-state index contributed by atoms with van der Waals surface area (Å²) in [7, 11) is 0. The average molecular weight is 276 g/mol. The van der Waals surface area contributed by atoms with Gasteiger partial charge in [-0.25, -0.2) is 0 Å². The first kappa shape index (κ1) is 17.1. The van der Waals surface area contributed by atoms with Crippen LogP contribution >= 0.6 is 0 Å². The minimum Gasteiger partial charge on any atom is -0.494 e. The molecule has 0 aromatic heterocycles. The molecule has 0 fully saturated rings. The van der Waals surface area contributed by atoms with Crippen LogP contribution < -0.4 is 4.74 Å². The molecule has 1 atom stereocenters. The van der Waals surface area contributed by atoms with Crippen LogP contribution in [0.5, 0.6) is 5.75 Å². The SMILES string of the molecule is CCCCCCCCCOc1ccc(C(C)CC)cc1. The molecular weight excluding hydrogens is 244 g/mol. The molecule has 0 saturated carbocycles. The van der Waals surface area contributed by atoms with E-state index in [1.54, 1.807) is 0 Å². The van der Waals surface area contributed by atoms with Crippen LogP contribution in [0.4, 0.5) is 0 Å². The predicted octanol–water partition coefficient (Wildman–Crippen LogP) is 6.33. The van der Waals surface area contributed by atoms with Crippen molar-refractivity contribution in [3.05, 3.63) is 29.8 Å². The van der Waals surface area contributed by atoms with Crippen LogP contribution in [0.3, 0.4) is 0 Å². The molecule has 114 valence electrons. The number of unbranched alkanes of at least 4 members (excludes halogenated alkanes) is 6. The summed E-state index contributed by atoms with van der Waals surface area (Å²) < 4.78 is 5.80. The van der Waals surface area contributed by atoms with Crippen LogP contribution in [-0.4, -0.2) is 6.61 Å². The van der Waals surface area contributed by atoms with Crippen LogP contribution in [0.2, 0.25) is 0 Å². The summed E-state index contributed by atoms with van der Waals surface area (Å²) in [6.45, 7) is 7.63. The molecule has 0 aliphatic rings. The van der Waals surface area contributed by atoms with E-state index in [2.05, 4.69) is 45.0 Å². The van der Waals surface area contributed by atoms with E-state index >= 15 is 0 Å². The molecule has 0 N–H and O–H groups in total. The summed E-state index contributed by atoms with van der Waals surface area (Å²) in [4.78, 5) is 0. The van der Waals surface area contributed by atoms with Gasteiger partial charge in [0, 0.05) is 0 Å². The molecule has 0 heterocycles. The Kier molecular flexibility index (Phi) is 9.19. The highest BCUT2D eigenvalue weighted by Crippen LogP contribution is 2.21. The summed E-state index contributed by atoms with van der Waals surface area (Å²) in [5.74, 6) is 1.66. The van der Waals surface area contributed by atoms with Crippen LogP contribution in [0.25, 0.3) is 0 Å². The normalized spacial score (nSPS) is 12.3. The zero-order valence-electron chi connectivity index (χ0n) is 13.7. The van der Waals surface area contributed by atoms with Crippen molar-refractivity contribution in [3.8, 4) is 5.75 Å². The molecule has 0 amide bonds. The molecule has 1 aromatic carbocycles. The van der Waals surface area contributed by atoms with E-state index < -0.39 is 0 Å². The minimum atomic E-state index is 0.646. The third-order valence-corrected chi connectivity index (χ3v) is 4.08. The van der Waals surface area contributed by atoms with Crippen molar-refractivity contribution in [2.75, 3.05) is 6.61 Å². The Hall–Kier alpha value is -0.980. The fourth-order valence-electron chi connectivity index (χ4n) is 2.38. The van der Waals surface area contributed by atoms with Gasteiger partial charge >= 0.3 is 0 Å². The fraction of sp³-hybridized carbons (Fsp3) is 0.684. The Morgan fingerprint density at radius 3 is 2.05 bits per heavy atom. The lowest BCUT2D eigenvalue weighted by Crippen LogP contribution is -1.98. The van der Waals surface area contributed by atoms with Gasteiger partial charge in [0.25, 0.3) is 0 Å². The van der Waals surface area contributed by atoms with E-state index in [0.717, 1.165) is 12.4 Å². The molecule has 0 aliphatic heterocycles. The molecular formula is C19H32O. The summed E-state index contributed by atoms with van der Waals surface area (Å²) >= 11 is 0. The van der Waals surface area contributed by atoms with Gasteiger partial charge in [0.2, 0.25) is 0 Å². The maximum Gasteiger partial charge on any atom is 0.119 e. The van der Waals surface area contributed by atoms with E-state index in [9.17, 15) is 0 Å². The maximum absolute atomic E-state index is 5.80. The van der Waals surface area contributed by atoms with E-state index in [0.29, 0.717) is 5.92 Å². The van der Waals surface area contributed by atoms with Gasteiger partial charge in [-0.1, -0.05) is 71.4 Å². The van der Waals surface area contributed by atoms with Gasteiger partial charge in [-0.15, -0.1) is 0 Å². The van der Waals surface area contributed by atoms with Crippen molar-refractivity contribution in [1.29, 1.82) is 0 Å². The van der Waals surface area contributed by atoms with Crippen LogP contribution in [0.15, 0.2) is 24.3 Å². The van der Waals surface area contributed by atoms with E-state index in [-0.39, 0.29) is 0 Å². The first-order valence-electron chi connectivity index (χ1n) is 8.50. The number of benzene rings is 1. The van der Waals surface area contributed by atoms with Crippen molar-refractivity contribution < 1.29 is 4.74 Å². The van der Waals surface area contributed by atoms with Gasteiger partial charge in [0.05, 0.1) is 6.61 Å². The van der Waals surface area contributed by atoms with Gasteiger partial charge in [-0.2, -0.15) is 0 Å². The number of ether oxygens (including phenoxy) is 1. The molecule has 1 rings (SSSR count). The Balaban J connectivity index is 2.10. The lowest BCUT2D eigenvalue weighted by atomic mass is 9.99. The molecule has 0 saturated heterocycles. The second kappa shape index (κ2) is 10.8. The third-order valence-electron chi connectivity index (χ3n) is 4.08. The van der Waals surface area contributed by atoms with E-state index in [1.807, 2.05) is 0 Å². The molecule has 0 spiro atoms. The Morgan fingerprint density at radius 2 is 1.45 bits per heavy atom. The second-order valence-electron chi connectivity index (χ2n) is 5.85. The molecule has 0 bridgehead atoms. The zero-order valence-corrected chi connectivity index (χ0v) is 13.7. The van der Waals surface area contributed by atoms with Crippen molar-refractivity contribution in [2.45, 2.75) is 78.1 Å². The quantitative estimate of drug-likeness (QED) is 0.429. The minimum absolute atomic E-state index is 0.646. The smallest absolute Gasteiger partial charge is 0.119 e. The topological polar surface area (TPSA) is 9.23 Å². The predicted molar refractivity (Wildman–Crippen MR) is 88.6 cm³/mol. The van der Waals surface area contributed by atoms with Gasteiger partial charge in [0.1, 0.15) is 5.75 Å². The van der Waals surface area contributed by atoms with Gasteiger partial charge in [-0.05, 0) is 36.5 Å². The molecule has 1 heteroatoms. The van der Waals surface area contributed by atoms with Gasteiger partial charge < -0.3 is 4.74 Å². The molecule has 1 unspecified atom stereocenters. The fourth-order valence-corrected chi connectivity index (χ4v) is 2.38. The van der Waals surface area contributed by atoms with Crippen molar-refractivity contribution in [2.24, 2.45) is 0 Å². The van der Waals surface area contributed by atoms with Crippen LogP contribution in [-0.2, 0) is 0 Å². The number of hydrogen-bond donors (Lipinski definition) is 0. The van der Waals surface area contributed by atoms with Crippen molar-refractivity contribution >= 4 is 0 Å². The Labute approximate surface area is 125 Å². The van der Waals surface area contributed by atoms with Gasteiger partial charge in [0.15, 0.2) is 0 Å². The van der Waals surface area contributed by atoms with Crippen molar-refractivity contribution in [1.82, 2.24) is 0 Å². The lowest BCUT2D eigenvalue weighted by Gasteiger charge is -2.10. The standard InChI is InChI=1S/C19H32O/c1-4-6-7-8-9-10-11-16-20-19-14-12-18(13-15-19)17(3)5-2/h12-15,17H,4-11,16H2,1-3H3. The molecule has 0 radical (unpaired) electrons. The highest BCUT2D eigenvalue weighted by Gasteiger charge is 2.02. The monoisotopic (exact) mass is 276 g/mol. The summed E-state index contributed by atoms with van der Waals surface area (Å²) in [5, 5.41) is 0. The maximum atomic E-state index is 5.80. The first-order chi connectivity index (χ1) is 9.77. The third kappa shape index (κ3) is 6.98. The van der Waals surface area contributed by atoms with Crippen molar-refractivity contribution in [3.63, 3.8) is 0 Å². The number of rotatable bonds is 11. The zero-order chi connectivity index (χ0) is 14.6. The highest BCUT2D eigenvalue weighted by atomic mass is 16.5. The van der Waals surface area contributed by atoms with Crippen LogP contribution in [0.1, 0.15) is 83.6 Å². The van der Waals surface area contributed by atoms with Crippen LogP contribution in [0, 0.1) is 0 Å². The highest BCUT2D eigenvalue weighted by molar-refractivity contribution is 5.29. The molecule has 1 aromatic rings. The number of hydrogen-bond acceptors (Lipinski definition) is 1. The average Bonchev–Trinajstić information content (AvgIpc) is 2.50. The Bertz CT molecular complexity index is 328. The molecule has 1 nitrogen and oxygen atoms in total. The van der Waals surface area contributed by atoms with Gasteiger partial charge in [-0.3, -0.25) is 0 Å². The van der Waals surface area contributed by atoms with E-state index in [4.69, 9.17) is 4.74 Å². The summed E-state index contributed by atoms with van der Waals surface area (Å²) in [5.41, 5.74) is 1.41.